The van der Waals surface area contributed by atoms with Crippen molar-refractivity contribution in [2.24, 2.45) is 0 Å². The van der Waals surface area contributed by atoms with Gasteiger partial charge in [-0.25, -0.2) is 0 Å². The zero-order valence-electron chi connectivity index (χ0n) is 6.46. The van der Waals surface area contributed by atoms with E-state index in [0.717, 1.165) is 11.8 Å². The Morgan fingerprint density at radius 1 is 1.27 bits per heavy atom. The Hall–Kier alpha value is -0.850. The average Bonchev–Trinajstić information content (AvgIpc) is 2.64. The fraction of sp³-hybridized carbons (Fsp3) is 0.500. The molecule has 1 heterocycles. The first-order valence-corrected chi connectivity index (χ1v) is 4.40. The molecule has 2 aliphatic rings. The Morgan fingerprint density at radius 2 is 2.18 bits per heavy atom. The summed E-state index contributed by atoms with van der Waals surface area (Å²) in [6, 6.07) is 4.33. The van der Waals surface area contributed by atoms with Gasteiger partial charge in [-0.2, -0.15) is 0 Å². The topological polar surface area (TPSA) is 12.9 Å². The highest BCUT2D eigenvalue weighted by atomic mass is 14.7. The van der Waals surface area contributed by atoms with Crippen LogP contribution in [0.1, 0.15) is 42.4 Å². The number of hydrogen-bond acceptors (Lipinski definition) is 1. The molecule has 1 fully saturated rings. The maximum atomic E-state index is 4.44. The monoisotopic (exact) mass is 145 g/mol. The van der Waals surface area contributed by atoms with Crippen molar-refractivity contribution in [3.63, 3.8) is 0 Å². The summed E-state index contributed by atoms with van der Waals surface area (Å²) >= 11 is 0. The van der Waals surface area contributed by atoms with Crippen LogP contribution in [0, 0.1) is 0 Å². The highest BCUT2D eigenvalue weighted by molar-refractivity contribution is 5.35. The molecule has 3 rings (SSSR count). The molecule has 0 saturated heterocycles. The van der Waals surface area contributed by atoms with Crippen LogP contribution in [0.15, 0.2) is 18.3 Å². The minimum atomic E-state index is 0.816. The summed E-state index contributed by atoms with van der Waals surface area (Å²) in [4.78, 5) is 4.44. The molecule has 0 aromatic carbocycles. The largest absolute Gasteiger partial charge is 0.261 e. The third kappa shape index (κ3) is 0.635. The zero-order valence-corrected chi connectivity index (χ0v) is 6.46. The fourth-order valence-electron chi connectivity index (χ4n) is 2.63. The summed E-state index contributed by atoms with van der Waals surface area (Å²) in [5.74, 6) is 1.68. The Bertz CT molecular complexity index is 264. The second-order valence-electron chi connectivity index (χ2n) is 3.68. The molecule has 1 aromatic heterocycles. The van der Waals surface area contributed by atoms with Gasteiger partial charge in [0.25, 0.3) is 0 Å². The van der Waals surface area contributed by atoms with E-state index in [1.54, 1.807) is 5.56 Å². The third-order valence-corrected chi connectivity index (χ3v) is 3.13. The summed E-state index contributed by atoms with van der Waals surface area (Å²) in [6.07, 6.45) is 6.10. The van der Waals surface area contributed by atoms with Crippen LogP contribution in [0.4, 0.5) is 0 Å². The SMILES string of the molecule is c1cnc2c(c1)C1CCC2C1. The van der Waals surface area contributed by atoms with E-state index in [0.29, 0.717) is 0 Å². The lowest BCUT2D eigenvalue weighted by Gasteiger charge is -2.12. The van der Waals surface area contributed by atoms with Gasteiger partial charge < -0.3 is 0 Å². The predicted octanol–water partition coefficient (Wildman–Crippen LogP) is 2.45. The van der Waals surface area contributed by atoms with Crippen LogP contribution in [0.2, 0.25) is 0 Å². The number of rotatable bonds is 0. The molecule has 0 aliphatic heterocycles. The molecule has 56 valence electrons. The maximum absolute atomic E-state index is 4.44. The van der Waals surface area contributed by atoms with Crippen LogP contribution < -0.4 is 0 Å². The summed E-state index contributed by atoms with van der Waals surface area (Å²) in [5, 5.41) is 0. The van der Waals surface area contributed by atoms with Gasteiger partial charge in [0.15, 0.2) is 0 Å². The first-order valence-electron chi connectivity index (χ1n) is 4.40. The Morgan fingerprint density at radius 3 is 3.09 bits per heavy atom. The van der Waals surface area contributed by atoms with Gasteiger partial charge in [0.05, 0.1) is 0 Å². The van der Waals surface area contributed by atoms with E-state index < -0.39 is 0 Å². The van der Waals surface area contributed by atoms with Gasteiger partial charge in [-0.1, -0.05) is 6.07 Å². The molecule has 0 N–H and O–H groups in total. The summed E-state index contributed by atoms with van der Waals surface area (Å²) < 4.78 is 0. The predicted molar refractivity (Wildman–Crippen MR) is 43.6 cm³/mol. The zero-order chi connectivity index (χ0) is 7.26. The van der Waals surface area contributed by atoms with Crippen LogP contribution in [0.3, 0.4) is 0 Å². The van der Waals surface area contributed by atoms with Gasteiger partial charge in [0.1, 0.15) is 0 Å². The summed E-state index contributed by atoms with van der Waals surface area (Å²) in [6.45, 7) is 0. The normalized spacial score (nSPS) is 32.4. The molecule has 2 aliphatic carbocycles. The number of hydrogen-bond donors (Lipinski definition) is 0. The molecule has 11 heavy (non-hydrogen) atoms. The van der Waals surface area contributed by atoms with Crippen molar-refractivity contribution in [1.82, 2.24) is 4.98 Å². The Balaban J connectivity index is 2.23. The van der Waals surface area contributed by atoms with Gasteiger partial charge in [-0.3, -0.25) is 4.98 Å². The maximum Gasteiger partial charge on any atom is 0.0469 e. The molecule has 1 saturated carbocycles. The average molecular weight is 145 g/mol. The van der Waals surface area contributed by atoms with E-state index >= 15 is 0 Å². The Labute approximate surface area is 66.5 Å². The molecule has 1 aromatic rings. The standard InChI is InChI=1S/C10H11N/c1-2-9-7-3-4-8(6-7)10(9)11-5-1/h1-2,5,7-8H,3-4,6H2. The smallest absolute Gasteiger partial charge is 0.0469 e. The molecule has 2 unspecified atom stereocenters. The van der Waals surface area contributed by atoms with E-state index in [2.05, 4.69) is 17.1 Å². The molecule has 1 heteroatoms. The molecular weight excluding hydrogens is 134 g/mol. The lowest BCUT2D eigenvalue weighted by atomic mass is 9.96. The summed E-state index contributed by atoms with van der Waals surface area (Å²) in [5.41, 5.74) is 2.95. The van der Waals surface area contributed by atoms with E-state index in [-0.39, 0.29) is 0 Å². The lowest BCUT2D eigenvalue weighted by molar-refractivity contribution is 0.697. The summed E-state index contributed by atoms with van der Waals surface area (Å²) in [7, 11) is 0. The number of fused-ring (bicyclic) bond motifs is 5. The van der Waals surface area contributed by atoms with E-state index in [1.807, 2.05) is 6.20 Å². The van der Waals surface area contributed by atoms with Gasteiger partial charge in [0, 0.05) is 17.8 Å². The van der Waals surface area contributed by atoms with Gasteiger partial charge in [-0.15, -0.1) is 0 Å². The molecular formula is C10H11N. The van der Waals surface area contributed by atoms with Crippen molar-refractivity contribution in [1.29, 1.82) is 0 Å². The minimum absolute atomic E-state index is 0.816. The highest BCUT2D eigenvalue weighted by Crippen LogP contribution is 2.51. The quantitative estimate of drug-likeness (QED) is 0.546. The van der Waals surface area contributed by atoms with Gasteiger partial charge in [0.2, 0.25) is 0 Å². The van der Waals surface area contributed by atoms with Crippen molar-refractivity contribution in [3.05, 3.63) is 29.6 Å². The number of pyridine rings is 1. The van der Waals surface area contributed by atoms with Crippen LogP contribution in [0.5, 0.6) is 0 Å². The molecule has 0 radical (unpaired) electrons. The van der Waals surface area contributed by atoms with Crippen molar-refractivity contribution >= 4 is 0 Å². The van der Waals surface area contributed by atoms with Crippen LogP contribution in [-0.4, -0.2) is 4.98 Å². The number of nitrogens with zero attached hydrogens (tertiary/aromatic N) is 1. The molecule has 2 bridgehead atoms. The second kappa shape index (κ2) is 1.84. The van der Waals surface area contributed by atoms with Crippen LogP contribution in [-0.2, 0) is 0 Å². The number of aromatic nitrogens is 1. The first-order chi connectivity index (χ1) is 5.45. The van der Waals surface area contributed by atoms with Crippen molar-refractivity contribution in [2.75, 3.05) is 0 Å². The van der Waals surface area contributed by atoms with Crippen molar-refractivity contribution < 1.29 is 0 Å². The molecule has 1 nitrogen and oxygen atoms in total. The van der Waals surface area contributed by atoms with Crippen LogP contribution in [0.25, 0.3) is 0 Å². The lowest BCUT2D eigenvalue weighted by Crippen LogP contribution is -1.99. The van der Waals surface area contributed by atoms with Gasteiger partial charge in [-0.05, 0) is 36.8 Å². The third-order valence-electron chi connectivity index (χ3n) is 3.13. The van der Waals surface area contributed by atoms with Crippen LogP contribution >= 0.6 is 0 Å². The minimum Gasteiger partial charge on any atom is -0.261 e. The van der Waals surface area contributed by atoms with E-state index in [4.69, 9.17) is 0 Å². The van der Waals surface area contributed by atoms with E-state index in [9.17, 15) is 0 Å². The van der Waals surface area contributed by atoms with Crippen molar-refractivity contribution in [3.8, 4) is 0 Å². The second-order valence-corrected chi connectivity index (χ2v) is 3.68. The van der Waals surface area contributed by atoms with E-state index in [1.165, 1.54) is 25.0 Å². The fourth-order valence-corrected chi connectivity index (χ4v) is 2.63. The molecule has 0 spiro atoms. The van der Waals surface area contributed by atoms with Crippen molar-refractivity contribution in [2.45, 2.75) is 31.1 Å². The van der Waals surface area contributed by atoms with Gasteiger partial charge >= 0.3 is 0 Å². The molecule has 0 amide bonds. The first kappa shape index (κ1) is 5.76. The Kier molecular flexibility index (Phi) is 0.965. The molecule has 2 atom stereocenters. The highest BCUT2D eigenvalue weighted by Gasteiger charge is 2.37.